The van der Waals surface area contributed by atoms with E-state index in [9.17, 15) is 4.79 Å². The van der Waals surface area contributed by atoms with Crippen LogP contribution in [-0.4, -0.2) is 35.9 Å². The number of carbonyl (C=O) groups excluding carboxylic acids is 1. The minimum Gasteiger partial charge on any atom is -0.373 e. The normalized spacial score (nSPS) is 19.3. The number of carbonyl (C=O) groups is 1. The molecule has 0 radical (unpaired) electrons. The van der Waals surface area contributed by atoms with Gasteiger partial charge in [0.2, 0.25) is 0 Å². The van der Waals surface area contributed by atoms with E-state index in [1.54, 1.807) is 13.1 Å². The van der Waals surface area contributed by atoms with Gasteiger partial charge in [-0.3, -0.25) is 4.79 Å². The SMILES string of the molecule is CCC1CCCN(C(=O)c2cc(NC)ncc2Cl)C1. The van der Waals surface area contributed by atoms with Gasteiger partial charge in [-0.25, -0.2) is 4.98 Å². The third-order valence-electron chi connectivity index (χ3n) is 3.73. The predicted octanol–water partition coefficient (Wildman–Crippen LogP) is 3.04. The number of amides is 1. The van der Waals surface area contributed by atoms with Crippen molar-refractivity contribution in [3.8, 4) is 0 Å². The van der Waals surface area contributed by atoms with Crippen LogP contribution in [0.1, 0.15) is 36.5 Å². The summed E-state index contributed by atoms with van der Waals surface area (Å²) < 4.78 is 0. The van der Waals surface area contributed by atoms with Crippen molar-refractivity contribution in [2.24, 2.45) is 5.92 Å². The molecule has 4 nitrogen and oxygen atoms in total. The third kappa shape index (κ3) is 3.18. The lowest BCUT2D eigenvalue weighted by atomic mass is 9.95. The minimum absolute atomic E-state index is 0.0158. The number of anilines is 1. The van der Waals surface area contributed by atoms with Crippen LogP contribution in [0.25, 0.3) is 0 Å². The van der Waals surface area contributed by atoms with Crippen molar-refractivity contribution in [1.82, 2.24) is 9.88 Å². The van der Waals surface area contributed by atoms with Gasteiger partial charge in [0, 0.05) is 26.3 Å². The molecule has 0 saturated carbocycles. The summed E-state index contributed by atoms with van der Waals surface area (Å²) in [5.41, 5.74) is 0.540. The van der Waals surface area contributed by atoms with Crippen molar-refractivity contribution in [3.63, 3.8) is 0 Å². The maximum absolute atomic E-state index is 12.5. The number of piperidine rings is 1. The van der Waals surface area contributed by atoms with Gasteiger partial charge in [0.1, 0.15) is 5.82 Å². The first kappa shape index (κ1) is 14.1. The van der Waals surface area contributed by atoms with Crippen LogP contribution in [0.2, 0.25) is 5.02 Å². The first-order valence-corrected chi connectivity index (χ1v) is 7.16. The van der Waals surface area contributed by atoms with Crippen LogP contribution in [0.15, 0.2) is 12.3 Å². The Hall–Kier alpha value is -1.29. The highest BCUT2D eigenvalue weighted by Crippen LogP contribution is 2.24. The lowest BCUT2D eigenvalue weighted by Gasteiger charge is -2.32. The molecule has 0 aromatic carbocycles. The topological polar surface area (TPSA) is 45.2 Å². The average molecular weight is 282 g/mol. The molecule has 0 aliphatic carbocycles. The molecular formula is C14H20ClN3O. The number of likely N-dealkylation sites (tertiary alicyclic amines) is 1. The Labute approximate surface area is 119 Å². The number of halogens is 1. The zero-order valence-corrected chi connectivity index (χ0v) is 12.2. The van der Waals surface area contributed by atoms with Crippen molar-refractivity contribution < 1.29 is 4.79 Å². The zero-order valence-electron chi connectivity index (χ0n) is 11.4. The Bertz CT molecular complexity index is 464. The van der Waals surface area contributed by atoms with Crippen LogP contribution in [0.4, 0.5) is 5.82 Å². The molecule has 1 aromatic rings. The Kier molecular flexibility index (Phi) is 4.64. The number of hydrogen-bond acceptors (Lipinski definition) is 3. The molecule has 1 aliphatic rings. The molecule has 0 spiro atoms. The molecule has 0 bridgehead atoms. The van der Waals surface area contributed by atoms with Crippen molar-refractivity contribution in [3.05, 3.63) is 22.8 Å². The number of nitrogens with one attached hydrogen (secondary N) is 1. The van der Waals surface area contributed by atoms with Crippen LogP contribution in [0.5, 0.6) is 0 Å². The average Bonchev–Trinajstić information content (AvgIpc) is 2.47. The highest BCUT2D eigenvalue weighted by atomic mass is 35.5. The maximum atomic E-state index is 12.5. The van der Waals surface area contributed by atoms with Gasteiger partial charge in [-0.2, -0.15) is 0 Å². The van der Waals surface area contributed by atoms with E-state index in [1.165, 1.54) is 12.6 Å². The van der Waals surface area contributed by atoms with Gasteiger partial charge < -0.3 is 10.2 Å². The summed E-state index contributed by atoms with van der Waals surface area (Å²) in [5.74, 6) is 1.29. The molecule has 2 rings (SSSR count). The molecule has 1 atom stereocenters. The van der Waals surface area contributed by atoms with E-state index in [2.05, 4.69) is 17.2 Å². The number of hydrogen-bond donors (Lipinski definition) is 1. The lowest BCUT2D eigenvalue weighted by molar-refractivity contribution is 0.0671. The van der Waals surface area contributed by atoms with Crippen molar-refractivity contribution in [1.29, 1.82) is 0 Å². The van der Waals surface area contributed by atoms with E-state index in [0.717, 1.165) is 25.9 Å². The fourth-order valence-corrected chi connectivity index (χ4v) is 2.68. The summed E-state index contributed by atoms with van der Waals surface area (Å²) in [6.07, 6.45) is 4.94. The Morgan fingerprint density at radius 1 is 1.63 bits per heavy atom. The second kappa shape index (κ2) is 6.24. The number of aromatic nitrogens is 1. The fourth-order valence-electron chi connectivity index (χ4n) is 2.49. The van der Waals surface area contributed by atoms with Crippen LogP contribution in [0, 0.1) is 5.92 Å². The van der Waals surface area contributed by atoms with Gasteiger partial charge >= 0.3 is 0 Å². The summed E-state index contributed by atoms with van der Waals surface area (Å²) in [4.78, 5) is 18.6. The highest BCUT2D eigenvalue weighted by Gasteiger charge is 2.25. The first-order valence-electron chi connectivity index (χ1n) is 6.78. The van der Waals surface area contributed by atoms with Crippen LogP contribution in [0.3, 0.4) is 0 Å². The fraction of sp³-hybridized carbons (Fsp3) is 0.571. The van der Waals surface area contributed by atoms with Gasteiger partial charge in [-0.05, 0) is 24.8 Å². The molecule has 2 heterocycles. The molecular weight excluding hydrogens is 262 g/mol. The molecule has 104 valence electrons. The molecule has 1 saturated heterocycles. The van der Waals surface area contributed by atoms with Crippen LogP contribution >= 0.6 is 11.6 Å². The molecule has 5 heteroatoms. The quantitative estimate of drug-likeness (QED) is 0.926. The second-order valence-corrected chi connectivity index (χ2v) is 5.37. The molecule has 1 aliphatic heterocycles. The van der Waals surface area contributed by atoms with Crippen molar-refractivity contribution in [2.75, 3.05) is 25.5 Å². The Morgan fingerprint density at radius 2 is 2.42 bits per heavy atom. The van der Waals surface area contributed by atoms with Gasteiger partial charge in [0.05, 0.1) is 10.6 Å². The standard InChI is InChI=1S/C14H20ClN3O/c1-3-10-5-4-6-18(9-10)14(19)11-7-13(16-2)17-8-12(11)15/h7-8,10H,3-6,9H2,1-2H3,(H,16,17). The van der Waals surface area contributed by atoms with E-state index in [1.807, 2.05) is 4.90 Å². The van der Waals surface area contributed by atoms with E-state index < -0.39 is 0 Å². The summed E-state index contributed by atoms with van der Waals surface area (Å²) in [6, 6.07) is 1.72. The zero-order chi connectivity index (χ0) is 13.8. The van der Waals surface area contributed by atoms with Gasteiger partial charge in [0.25, 0.3) is 5.91 Å². The predicted molar refractivity (Wildman–Crippen MR) is 77.7 cm³/mol. The van der Waals surface area contributed by atoms with E-state index >= 15 is 0 Å². The maximum Gasteiger partial charge on any atom is 0.255 e. The summed E-state index contributed by atoms with van der Waals surface area (Å²) in [5, 5.41) is 3.35. The highest BCUT2D eigenvalue weighted by molar-refractivity contribution is 6.33. The van der Waals surface area contributed by atoms with Gasteiger partial charge in [-0.15, -0.1) is 0 Å². The van der Waals surface area contributed by atoms with Crippen LogP contribution in [-0.2, 0) is 0 Å². The Morgan fingerprint density at radius 3 is 3.11 bits per heavy atom. The smallest absolute Gasteiger partial charge is 0.255 e. The summed E-state index contributed by atoms with van der Waals surface area (Å²) in [6.45, 7) is 3.84. The van der Waals surface area contributed by atoms with Crippen molar-refractivity contribution >= 4 is 23.3 Å². The van der Waals surface area contributed by atoms with Gasteiger partial charge in [0.15, 0.2) is 0 Å². The van der Waals surface area contributed by atoms with Crippen molar-refractivity contribution in [2.45, 2.75) is 26.2 Å². The largest absolute Gasteiger partial charge is 0.373 e. The van der Waals surface area contributed by atoms with E-state index in [-0.39, 0.29) is 5.91 Å². The number of rotatable bonds is 3. The summed E-state index contributed by atoms with van der Waals surface area (Å²) >= 11 is 6.10. The molecule has 1 fully saturated rings. The second-order valence-electron chi connectivity index (χ2n) is 4.97. The van der Waals surface area contributed by atoms with E-state index in [4.69, 9.17) is 11.6 Å². The molecule has 19 heavy (non-hydrogen) atoms. The Balaban J connectivity index is 2.18. The third-order valence-corrected chi connectivity index (χ3v) is 4.03. The number of nitrogens with zero attached hydrogens (tertiary/aromatic N) is 2. The number of pyridine rings is 1. The van der Waals surface area contributed by atoms with Crippen LogP contribution < -0.4 is 5.32 Å². The lowest BCUT2D eigenvalue weighted by Crippen LogP contribution is -2.39. The minimum atomic E-state index is 0.0158. The summed E-state index contributed by atoms with van der Waals surface area (Å²) in [7, 11) is 1.78. The molecule has 1 unspecified atom stereocenters. The molecule has 1 N–H and O–H groups in total. The monoisotopic (exact) mass is 281 g/mol. The van der Waals surface area contributed by atoms with Gasteiger partial charge in [-0.1, -0.05) is 24.9 Å². The van der Waals surface area contributed by atoms with E-state index in [0.29, 0.717) is 22.3 Å². The molecule has 1 aromatic heterocycles. The first-order chi connectivity index (χ1) is 9.15. The molecule has 1 amide bonds.